The first-order valence-electron chi connectivity index (χ1n) is 22.8. The quantitative estimate of drug-likeness (QED) is 0.0201. The van der Waals surface area contributed by atoms with E-state index in [1.807, 2.05) is 12.2 Å². The lowest BCUT2D eigenvalue weighted by Crippen LogP contribution is -2.60. The summed E-state index contributed by atoms with van der Waals surface area (Å²) in [4.78, 5) is 25.3. The number of carbonyl (C=O) groups excluding carboxylic acids is 2. The lowest BCUT2D eigenvalue weighted by atomic mass is 10.00. The SMILES string of the molecule is CCCC/C=C/CCCCCCCC(=O)OC[C@H](CO[C@H]1O[C@H](CS(=O)(=O)O)[C@@H](O)C(O)C1O)OC(=O)CCC/C=C/C/C=C/C/C=C/C/C=C/CCCCCCCCC. The van der Waals surface area contributed by atoms with Crippen LogP contribution in [0, 0.1) is 0 Å². The molecule has 6 atom stereocenters. The standard InChI is InChI=1S/C47H80O12S/c1-3-5-7-9-11-13-15-16-17-18-19-20-21-22-23-24-26-28-30-32-34-36-43(49)58-40(37-56-42(48)35-33-31-29-27-25-14-12-10-8-6-4-2)38-57-47-46(52)45(51)44(50)41(59-47)39-60(53,54)55/h10,12,17-18,20-21,23-24,28,30,40-41,44-47,50-52H,3-9,11,13-16,19,22,25-27,29,31-39H2,1-2H3,(H,53,54,55)/b12-10+,18-17+,21-20+,24-23+,30-28+/t40-,41-,44-,45?,46?,47+/m1/s1. The molecule has 1 saturated heterocycles. The average Bonchev–Trinajstić information content (AvgIpc) is 3.21. The normalized spacial score (nSPS) is 20.7. The third kappa shape index (κ3) is 31.2. The van der Waals surface area contributed by atoms with Gasteiger partial charge < -0.3 is 34.3 Å². The molecule has 1 aliphatic rings. The zero-order valence-electron chi connectivity index (χ0n) is 36.8. The van der Waals surface area contributed by atoms with Crippen molar-refractivity contribution in [3.63, 3.8) is 0 Å². The summed E-state index contributed by atoms with van der Waals surface area (Å²) >= 11 is 0. The van der Waals surface area contributed by atoms with Crippen LogP contribution >= 0.6 is 0 Å². The number of unbranched alkanes of at least 4 members (excludes halogenated alkanes) is 15. The molecule has 0 amide bonds. The maximum atomic E-state index is 12.8. The number of hydrogen-bond donors (Lipinski definition) is 4. The zero-order valence-corrected chi connectivity index (χ0v) is 37.6. The minimum absolute atomic E-state index is 0.0847. The molecule has 0 aromatic heterocycles. The Morgan fingerprint density at radius 1 is 0.567 bits per heavy atom. The van der Waals surface area contributed by atoms with Crippen LogP contribution in [0.2, 0.25) is 0 Å². The van der Waals surface area contributed by atoms with E-state index in [0.717, 1.165) is 64.2 Å². The van der Waals surface area contributed by atoms with Crippen LogP contribution in [0.1, 0.15) is 168 Å². The van der Waals surface area contributed by atoms with E-state index in [9.17, 15) is 37.9 Å². The zero-order chi connectivity index (χ0) is 44.1. The molecule has 12 nitrogen and oxygen atoms in total. The molecule has 0 spiro atoms. The molecule has 0 radical (unpaired) electrons. The Labute approximate surface area is 362 Å². The Balaban J connectivity index is 2.48. The van der Waals surface area contributed by atoms with Gasteiger partial charge in [-0.2, -0.15) is 8.42 Å². The van der Waals surface area contributed by atoms with E-state index < -0.39 is 71.2 Å². The summed E-state index contributed by atoms with van der Waals surface area (Å²) in [5, 5.41) is 30.8. The molecule has 0 aromatic carbocycles. The van der Waals surface area contributed by atoms with E-state index in [1.165, 1.54) is 57.8 Å². The molecule has 1 aliphatic heterocycles. The lowest BCUT2D eigenvalue weighted by molar-refractivity contribution is -0.297. The molecular formula is C47H80O12S. The second-order valence-electron chi connectivity index (χ2n) is 15.7. The van der Waals surface area contributed by atoms with E-state index in [2.05, 4.69) is 62.5 Å². The van der Waals surface area contributed by atoms with Gasteiger partial charge in [0, 0.05) is 12.8 Å². The average molecular weight is 869 g/mol. The van der Waals surface area contributed by atoms with E-state index in [1.54, 1.807) is 0 Å². The second-order valence-corrected chi connectivity index (χ2v) is 17.2. The highest BCUT2D eigenvalue weighted by atomic mass is 32.2. The highest BCUT2D eigenvalue weighted by Gasteiger charge is 2.46. The Morgan fingerprint density at radius 3 is 1.60 bits per heavy atom. The van der Waals surface area contributed by atoms with Crippen molar-refractivity contribution in [3.05, 3.63) is 60.8 Å². The predicted molar refractivity (Wildman–Crippen MR) is 238 cm³/mol. The van der Waals surface area contributed by atoms with Crippen LogP contribution in [0.5, 0.6) is 0 Å². The number of hydrogen-bond acceptors (Lipinski definition) is 11. The molecule has 4 N–H and O–H groups in total. The fourth-order valence-corrected chi connectivity index (χ4v) is 7.16. The van der Waals surface area contributed by atoms with Crippen LogP contribution in [0.3, 0.4) is 0 Å². The third-order valence-electron chi connectivity index (χ3n) is 10.1. The van der Waals surface area contributed by atoms with Crippen molar-refractivity contribution in [2.24, 2.45) is 0 Å². The molecule has 0 aromatic rings. The summed E-state index contributed by atoms with van der Waals surface area (Å²) in [7, 11) is -4.61. The van der Waals surface area contributed by atoms with Crippen molar-refractivity contribution < 1.29 is 56.8 Å². The van der Waals surface area contributed by atoms with Crippen molar-refractivity contribution in [1.82, 2.24) is 0 Å². The molecule has 0 bridgehead atoms. The molecule has 0 saturated carbocycles. The summed E-state index contributed by atoms with van der Waals surface area (Å²) in [5.41, 5.74) is 0. The van der Waals surface area contributed by atoms with Gasteiger partial charge in [0.15, 0.2) is 12.4 Å². The van der Waals surface area contributed by atoms with Crippen LogP contribution in [-0.2, 0) is 38.7 Å². The van der Waals surface area contributed by atoms with Gasteiger partial charge in [-0.15, -0.1) is 0 Å². The lowest BCUT2D eigenvalue weighted by Gasteiger charge is -2.40. The fraction of sp³-hybridized carbons (Fsp3) is 0.745. The second kappa shape index (κ2) is 37.0. The van der Waals surface area contributed by atoms with Crippen molar-refractivity contribution in [2.75, 3.05) is 19.0 Å². The topological polar surface area (TPSA) is 186 Å². The van der Waals surface area contributed by atoms with Gasteiger partial charge in [0.1, 0.15) is 36.8 Å². The molecule has 1 rings (SSSR count). The molecule has 1 heterocycles. The summed E-state index contributed by atoms with van der Waals surface area (Å²) < 4.78 is 53.9. The first-order valence-corrected chi connectivity index (χ1v) is 24.5. The van der Waals surface area contributed by atoms with Gasteiger partial charge in [-0.25, -0.2) is 0 Å². The van der Waals surface area contributed by atoms with E-state index in [4.69, 9.17) is 18.9 Å². The van der Waals surface area contributed by atoms with E-state index in [0.29, 0.717) is 19.3 Å². The highest BCUT2D eigenvalue weighted by molar-refractivity contribution is 7.85. The Hall–Kier alpha value is -2.65. The molecule has 0 aliphatic carbocycles. The maximum Gasteiger partial charge on any atom is 0.306 e. The van der Waals surface area contributed by atoms with Crippen molar-refractivity contribution in [3.8, 4) is 0 Å². The minimum atomic E-state index is -4.61. The number of allylic oxidation sites excluding steroid dienone is 10. The minimum Gasteiger partial charge on any atom is -0.462 e. The largest absolute Gasteiger partial charge is 0.462 e. The van der Waals surface area contributed by atoms with Crippen molar-refractivity contribution >= 4 is 22.1 Å². The van der Waals surface area contributed by atoms with Gasteiger partial charge in [-0.3, -0.25) is 14.1 Å². The van der Waals surface area contributed by atoms with Gasteiger partial charge in [0.05, 0.1) is 6.61 Å². The first kappa shape index (κ1) is 55.4. The van der Waals surface area contributed by atoms with Gasteiger partial charge in [0.2, 0.25) is 0 Å². The van der Waals surface area contributed by atoms with Crippen LogP contribution < -0.4 is 0 Å². The molecule has 60 heavy (non-hydrogen) atoms. The van der Waals surface area contributed by atoms with Crippen LogP contribution in [0.25, 0.3) is 0 Å². The third-order valence-corrected chi connectivity index (χ3v) is 10.8. The van der Waals surface area contributed by atoms with Crippen LogP contribution in [0.15, 0.2) is 60.8 Å². The van der Waals surface area contributed by atoms with E-state index in [-0.39, 0.29) is 19.4 Å². The number of aliphatic hydroxyl groups is 3. The Bertz CT molecular complexity index is 1340. The predicted octanol–water partition coefficient (Wildman–Crippen LogP) is 9.34. The Morgan fingerprint density at radius 2 is 1.03 bits per heavy atom. The van der Waals surface area contributed by atoms with Crippen LogP contribution in [0.4, 0.5) is 0 Å². The van der Waals surface area contributed by atoms with Crippen molar-refractivity contribution in [1.29, 1.82) is 0 Å². The maximum absolute atomic E-state index is 12.8. The molecule has 1 fully saturated rings. The first-order chi connectivity index (χ1) is 29.0. The Kier molecular flexibility index (Phi) is 34.1. The molecule has 346 valence electrons. The molecule has 13 heteroatoms. The van der Waals surface area contributed by atoms with Gasteiger partial charge in [-0.1, -0.05) is 145 Å². The number of aliphatic hydroxyl groups excluding tert-OH is 3. The summed E-state index contributed by atoms with van der Waals surface area (Å²) in [6, 6.07) is 0. The van der Waals surface area contributed by atoms with E-state index >= 15 is 0 Å². The number of ether oxygens (including phenoxy) is 4. The van der Waals surface area contributed by atoms with Gasteiger partial charge >= 0.3 is 11.9 Å². The number of carbonyl (C=O) groups is 2. The number of esters is 2. The van der Waals surface area contributed by atoms with Crippen LogP contribution in [-0.4, -0.2) is 96.0 Å². The fourth-order valence-electron chi connectivity index (χ4n) is 6.47. The summed E-state index contributed by atoms with van der Waals surface area (Å²) in [6.07, 6.45) is 35.7. The smallest absolute Gasteiger partial charge is 0.306 e. The summed E-state index contributed by atoms with van der Waals surface area (Å²) in [6.45, 7) is 3.65. The van der Waals surface area contributed by atoms with Gasteiger partial charge in [-0.05, 0) is 70.6 Å². The molecule has 2 unspecified atom stereocenters. The van der Waals surface area contributed by atoms with Crippen molar-refractivity contribution in [2.45, 2.75) is 205 Å². The van der Waals surface area contributed by atoms with Gasteiger partial charge in [0.25, 0.3) is 10.1 Å². The highest BCUT2D eigenvalue weighted by Crippen LogP contribution is 2.24. The molecular weight excluding hydrogens is 789 g/mol. The number of rotatable bonds is 37. The monoisotopic (exact) mass is 869 g/mol. The summed E-state index contributed by atoms with van der Waals surface area (Å²) in [5.74, 6) is -2.08.